The number of benzene rings is 2. The maximum atomic E-state index is 12.7. The highest BCUT2D eigenvalue weighted by molar-refractivity contribution is 5.94. The second kappa shape index (κ2) is 8.08. The Balaban J connectivity index is 1.42. The molecule has 8 heteroatoms. The van der Waals surface area contributed by atoms with Crippen LogP contribution in [0.3, 0.4) is 0 Å². The minimum Gasteiger partial charge on any atom is -0.399 e. The average Bonchev–Trinajstić information content (AvgIpc) is 3.29. The van der Waals surface area contributed by atoms with Gasteiger partial charge in [-0.15, -0.1) is 0 Å². The van der Waals surface area contributed by atoms with Gasteiger partial charge in [-0.1, -0.05) is 12.1 Å². The van der Waals surface area contributed by atoms with Crippen LogP contribution in [0.1, 0.15) is 10.4 Å². The van der Waals surface area contributed by atoms with Crippen LogP contribution in [0.25, 0.3) is 16.9 Å². The normalized spacial score (nSPS) is 14.0. The quantitative estimate of drug-likeness (QED) is 0.498. The lowest BCUT2D eigenvalue weighted by atomic mass is 10.1. The van der Waals surface area contributed by atoms with E-state index in [-0.39, 0.29) is 5.91 Å². The van der Waals surface area contributed by atoms with Gasteiger partial charge in [-0.05, 0) is 36.4 Å². The molecule has 2 aromatic carbocycles. The van der Waals surface area contributed by atoms with Crippen LogP contribution in [0, 0.1) is 0 Å². The number of nitrogens with zero attached hydrogens (tertiary/aromatic N) is 4. The number of rotatable bonds is 4. The number of anilines is 3. The third-order valence-electron chi connectivity index (χ3n) is 5.25. The van der Waals surface area contributed by atoms with Crippen molar-refractivity contribution in [1.82, 2.24) is 19.3 Å². The summed E-state index contributed by atoms with van der Waals surface area (Å²) in [6.07, 6.45) is 5.53. The molecule has 0 saturated carbocycles. The topological polar surface area (TPSA) is 97.8 Å². The third-order valence-corrected chi connectivity index (χ3v) is 5.25. The zero-order chi connectivity index (χ0) is 21.2. The van der Waals surface area contributed by atoms with Crippen molar-refractivity contribution in [2.45, 2.75) is 0 Å². The summed E-state index contributed by atoms with van der Waals surface area (Å²) in [6.45, 7) is 2.41. The van der Waals surface area contributed by atoms with Gasteiger partial charge in [0.2, 0.25) is 0 Å². The Kier molecular flexibility index (Phi) is 4.97. The van der Waals surface area contributed by atoms with Gasteiger partial charge >= 0.3 is 0 Å². The van der Waals surface area contributed by atoms with E-state index < -0.39 is 0 Å². The number of hydrogen-bond donors (Lipinski definition) is 2. The molecule has 0 aliphatic carbocycles. The lowest BCUT2D eigenvalue weighted by Gasteiger charge is -2.26. The van der Waals surface area contributed by atoms with Crippen molar-refractivity contribution in [2.24, 2.45) is 0 Å². The molecule has 1 aliphatic rings. The van der Waals surface area contributed by atoms with E-state index in [2.05, 4.69) is 10.3 Å². The van der Waals surface area contributed by atoms with E-state index >= 15 is 0 Å². The summed E-state index contributed by atoms with van der Waals surface area (Å²) in [4.78, 5) is 23.7. The van der Waals surface area contributed by atoms with Gasteiger partial charge in [0.1, 0.15) is 0 Å². The summed E-state index contributed by atoms with van der Waals surface area (Å²) in [7, 11) is 0. The molecular weight excluding hydrogens is 392 g/mol. The van der Waals surface area contributed by atoms with E-state index in [0.717, 1.165) is 16.9 Å². The predicted octanol–water partition coefficient (Wildman–Crippen LogP) is 3.19. The van der Waals surface area contributed by atoms with Gasteiger partial charge < -0.3 is 25.1 Å². The van der Waals surface area contributed by atoms with Crippen molar-refractivity contribution < 1.29 is 9.53 Å². The molecule has 1 fully saturated rings. The first-order valence-electron chi connectivity index (χ1n) is 10.1. The highest BCUT2D eigenvalue weighted by Crippen LogP contribution is 2.26. The fourth-order valence-corrected chi connectivity index (χ4v) is 3.63. The molecule has 1 amide bonds. The predicted molar refractivity (Wildman–Crippen MR) is 119 cm³/mol. The van der Waals surface area contributed by atoms with Gasteiger partial charge in [-0.25, -0.2) is 9.97 Å². The maximum Gasteiger partial charge on any atom is 0.254 e. The van der Waals surface area contributed by atoms with Crippen LogP contribution in [-0.4, -0.2) is 51.5 Å². The number of nitrogens with two attached hydrogens (primary N) is 1. The van der Waals surface area contributed by atoms with Crippen LogP contribution in [-0.2, 0) is 4.74 Å². The number of morpholine rings is 1. The Morgan fingerprint density at radius 2 is 1.90 bits per heavy atom. The lowest BCUT2D eigenvalue weighted by Crippen LogP contribution is -2.40. The van der Waals surface area contributed by atoms with E-state index in [9.17, 15) is 4.79 Å². The highest BCUT2D eigenvalue weighted by Gasteiger charge is 2.18. The summed E-state index contributed by atoms with van der Waals surface area (Å²) in [5.74, 6) is 0.643. The molecule has 5 rings (SSSR count). The van der Waals surface area contributed by atoms with Crippen molar-refractivity contribution in [3.63, 3.8) is 0 Å². The first-order valence-corrected chi connectivity index (χ1v) is 10.1. The molecule has 0 unspecified atom stereocenters. The minimum absolute atomic E-state index is 0.0206. The molecule has 3 N–H and O–H groups in total. The first-order chi connectivity index (χ1) is 15.2. The minimum atomic E-state index is 0.0206. The largest absolute Gasteiger partial charge is 0.399 e. The van der Waals surface area contributed by atoms with E-state index in [1.165, 1.54) is 0 Å². The Hall–Kier alpha value is -3.91. The number of nitrogen functional groups attached to an aromatic ring is 1. The Bertz CT molecular complexity index is 1230. The third kappa shape index (κ3) is 3.93. The number of aromatic nitrogens is 3. The van der Waals surface area contributed by atoms with Crippen molar-refractivity contribution in [2.75, 3.05) is 37.4 Å². The number of ether oxygens (including phenoxy) is 1. The standard InChI is InChI=1S/C23H22N6O2/c24-18-3-1-2-17(14-18)20-15-29-9-8-25-22(29)21(27-20)26-19-6-4-16(5-7-19)23(30)28-10-12-31-13-11-28/h1-9,14-15H,10-13,24H2,(H,26,27). The molecule has 2 aromatic heterocycles. The molecular formula is C23H22N6O2. The summed E-state index contributed by atoms with van der Waals surface area (Å²) in [6, 6.07) is 15.0. The maximum absolute atomic E-state index is 12.7. The molecule has 0 atom stereocenters. The molecule has 8 nitrogen and oxygen atoms in total. The van der Waals surface area contributed by atoms with Crippen molar-refractivity contribution >= 4 is 28.7 Å². The van der Waals surface area contributed by atoms with Crippen molar-refractivity contribution in [3.05, 3.63) is 72.7 Å². The highest BCUT2D eigenvalue weighted by atomic mass is 16.5. The fourth-order valence-electron chi connectivity index (χ4n) is 3.63. The zero-order valence-electron chi connectivity index (χ0n) is 16.9. The molecule has 0 spiro atoms. The monoisotopic (exact) mass is 414 g/mol. The Labute approximate surface area is 179 Å². The van der Waals surface area contributed by atoms with E-state index in [4.69, 9.17) is 15.5 Å². The SMILES string of the molecule is Nc1cccc(-c2cn3ccnc3c(Nc3ccc(C(=O)N4CCOCC4)cc3)n2)c1. The Morgan fingerprint density at radius 1 is 1.10 bits per heavy atom. The number of nitrogens with one attached hydrogen (secondary N) is 1. The molecule has 31 heavy (non-hydrogen) atoms. The average molecular weight is 414 g/mol. The number of hydrogen-bond acceptors (Lipinski definition) is 6. The lowest BCUT2D eigenvalue weighted by molar-refractivity contribution is 0.0303. The van der Waals surface area contributed by atoms with Crippen molar-refractivity contribution in [3.8, 4) is 11.3 Å². The molecule has 4 aromatic rings. The summed E-state index contributed by atoms with van der Waals surface area (Å²) < 4.78 is 7.24. The van der Waals surface area contributed by atoms with Crippen LogP contribution < -0.4 is 11.1 Å². The van der Waals surface area contributed by atoms with Crippen molar-refractivity contribution in [1.29, 1.82) is 0 Å². The van der Waals surface area contributed by atoms with Gasteiger partial charge in [0.05, 0.1) is 18.9 Å². The van der Waals surface area contributed by atoms with E-state index in [1.807, 2.05) is 70.2 Å². The smallest absolute Gasteiger partial charge is 0.254 e. The molecule has 156 valence electrons. The molecule has 3 heterocycles. The summed E-state index contributed by atoms with van der Waals surface area (Å²) in [5, 5.41) is 3.33. The van der Waals surface area contributed by atoms with Gasteiger partial charge in [-0.3, -0.25) is 4.79 Å². The van der Waals surface area contributed by atoms with E-state index in [1.54, 1.807) is 6.20 Å². The fraction of sp³-hybridized carbons (Fsp3) is 0.174. The number of carbonyl (C=O) groups excluding carboxylic acids is 1. The van der Waals surface area contributed by atoms with Gasteiger partial charge in [0.15, 0.2) is 11.5 Å². The van der Waals surface area contributed by atoms with Crippen LogP contribution in [0.15, 0.2) is 67.1 Å². The Morgan fingerprint density at radius 3 is 2.68 bits per heavy atom. The molecule has 0 bridgehead atoms. The molecule has 1 aliphatic heterocycles. The van der Waals surface area contributed by atoms with Gasteiger partial charge in [0, 0.05) is 54.2 Å². The van der Waals surface area contributed by atoms with E-state index in [0.29, 0.717) is 49.0 Å². The number of carbonyl (C=O) groups is 1. The summed E-state index contributed by atoms with van der Waals surface area (Å²) in [5.41, 5.74) is 10.5. The second-order valence-electron chi connectivity index (χ2n) is 7.37. The van der Waals surface area contributed by atoms with Crippen LogP contribution >= 0.6 is 0 Å². The second-order valence-corrected chi connectivity index (χ2v) is 7.37. The number of imidazole rings is 1. The van der Waals surface area contributed by atoms with Crippen LogP contribution in [0.2, 0.25) is 0 Å². The van der Waals surface area contributed by atoms with Gasteiger partial charge in [-0.2, -0.15) is 0 Å². The zero-order valence-corrected chi connectivity index (χ0v) is 16.9. The van der Waals surface area contributed by atoms with Gasteiger partial charge in [0.25, 0.3) is 5.91 Å². The van der Waals surface area contributed by atoms with Crippen LogP contribution in [0.4, 0.5) is 17.2 Å². The summed E-state index contributed by atoms with van der Waals surface area (Å²) >= 11 is 0. The first kappa shape index (κ1) is 19.1. The number of amides is 1. The number of fused-ring (bicyclic) bond motifs is 1. The molecule has 0 radical (unpaired) electrons. The molecule has 1 saturated heterocycles. The van der Waals surface area contributed by atoms with Crippen LogP contribution in [0.5, 0.6) is 0 Å².